The number of amides is 2. The van der Waals surface area contributed by atoms with Crippen LogP contribution in [0.1, 0.15) is 36.2 Å². The number of primary amides is 1. The van der Waals surface area contributed by atoms with E-state index < -0.39 is 23.8 Å². The predicted octanol–water partition coefficient (Wildman–Crippen LogP) is 4.02. The van der Waals surface area contributed by atoms with Crippen molar-refractivity contribution in [2.75, 3.05) is 13.7 Å². The Morgan fingerprint density at radius 1 is 0.919 bits per heavy atom. The Kier molecular flexibility index (Phi) is 7.77. The molecule has 2 amide bonds. The van der Waals surface area contributed by atoms with Crippen LogP contribution in [-0.4, -0.2) is 42.1 Å². The lowest BCUT2D eigenvalue weighted by Gasteiger charge is -2.18. The molecule has 3 N–H and O–H groups in total. The molecule has 8 heteroatoms. The van der Waals surface area contributed by atoms with Crippen molar-refractivity contribution >= 4 is 39.6 Å². The van der Waals surface area contributed by atoms with Gasteiger partial charge in [-0.15, -0.1) is 0 Å². The largest absolute Gasteiger partial charge is 0.483 e. The lowest BCUT2D eigenvalue weighted by Crippen LogP contribution is -2.44. The molecule has 0 bridgehead atoms. The van der Waals surface area contributed by atoms with Crippen LogP contribution in [0.4, 0.5) is 0 Å². The van der Waals surface area contributed by atoms with E-state index in [1.807, 2.05) is 62.4 Å². The summed E-state index contributed by atoms with van der Waals surface area (Å²) in [7, 11) is 1.29. The number of carbonyl (C=O) groups excluding carboxylic acids is 3. The molecule has 0 aliphatic heterocycles. The summed E-state index contributed by atoms with van der Waals surface area (Å²) >= 11 is 0. The second-order valence-electron chi connectivity index (χ2n) is 9.35. The number of methoxy groups -OCH3 is 1. The number of hydrogen-bond donors (Lipinski definition) is 2. The average molecular weight is 502 g/mol. The number of carbonyl (C=O) groups is 3. The minimum absolute atomic E-state index is 0.182. The molecule has 37 heavy (non-hydrogen) atoms. The van der Waals surface area contributed by atoms with Gasteiger partial charge < -0.3 is 25.1 Å². The fraction of sp³-hybridized carbons (Fsp3) is 0.276. The summed E-state index contributed by atoms with van der Waals surface area (Å²) in [6.07, 6.45) is 0.447. The van der Waals surface area contributed by atoms with Crippen LogP contribution in [0.25, 0.3) is 21.8 Å². The first-order valence-electron chi connectivity index (χ1n) is 12.2. The van der Waals surface area contributed by atoms with Crippen molar-refractivity contribution in [3.8, 4) is 5.75 Å². The quantitative estimate of drug-likeness (QED) is 0.319. The highest BCUT2D eigenvalue weighted by molar-refractivity contribution is 6.19. The van der Waals surface area contributed by atoms with E-state index in [1.54, 1.807) is 18.2 Å². The predicted molar refractivity (Wildman–Crippen MR) is 142 cm³/mol. The van der Waals surface area contributed by atoms with Crippen LogP contribution in [-0.2, 0) is 20.9 Å². The first kappa shape index (κ1) is 25.8. The smallest absolute Gasteiger partial charge is 0.328 e. The van der Waals surface area contributed by atoms with Gasteiger partial charge in [0.15, 0.2) is 6.61 Å². The highest BCUT2D eigenvalue weighted by Crippen LogP contribution is 2.38. The van der Waals surface area contributed by atoms with E-state index in [1.165, 1.54) is 7.11 Å². The molecule has 0 spiro atoms. The van der Waals surface area contributed by atoms with E-state index >= 15 is 0 Å². The topological polar surface area (TPSA) is 113 Å². The van der Waals surface area contributed by atoms with Gasteiger partial charge in [-0.3, -0.25) is 9.59 Å². The van der Waals surface area contributed by atoms with Crippen LogP contribution in [0.2, 0.25) is 0 Å². The van der Waals surface area contributed by atoms with E-state index in [9.17, 15) is 14.4 Å². The van der Waals surface area contributed by atoms with Crippen molar-refractivity contribution < 1.29 is 23.9 Å². The Hall–Kier alpha value is -4.33. The number of esters is 1. The van der Waals surface area contributed by atoms with Crippen LogP contribution < -0.4 is 15.8 Å². The van der Waals surface area contributed by atoms with Crippen molar-refractivity contribution in [3.05, 3.63) is 77.9 Å². The Balaban J connectivity index is 1.72. The molecule has 1 atom stereocenters. The van der Waals surface area contributed by atoms with Crippen LogP contribution in [0, 0.1) is 5.92 Å². The average Bonchev–Trinajstić information content (AvgIpc) is 3.21. The van der Waals surface area contributed by atoms with Gasteiger partial charge in [0.05, 0.1) is 23.5 Å². The van der Waals surface area contributed by atoms with Crippen LogP contribution in [0.5, 0.6) is 5.75 Å². The third-order valence-electron chi connectivity index (χ3n) is 6.21. The number of nitrogens with one attached hydrogen (secondary N) is 1. The molecule has 0 radical (unpaired) electrons. The van der Waals surface area contributed by atoms with Crippen molar-refractivity contribution in [1.29, 1.82) is 0 Å². The number of hydrogen-bond acceptors (Lipinski definition) is 5. The molecule has 4 aromatic rings. The van der Waals surface area contributed by atoms with Crippen LogP contribution in [0.3, 0.4) is 0 Å². The summed E-state index contributed by atoms with van der Waals surface area (Å²) in [6, 6.07) is 20.2. The van der Waals surface area contributed by atoms with E-state index in [2.05, 4.69) is 9.88 Å². The van der Waals surface area contributed by atoms with Gasteiger partial charge in [-0.2, -0.15) is 0 Å². The molecule has 3 aromatic carbocycles. The Morgan fingerprint density at radius 2 is 1.59 bits per heavy atom. The zero-order valence-electron chi connectivity index (χ0n) is 21.2. The maximum absolute atomic E-state index is 12.7. The summed E-state index contributed by atoms with van der Waals surface area (Å²) in [4.78, 5) is 37.2. The highest BCUT2D eigenvalue weighted by atomic mass is 16.5. The van der Waals surface area contributed by atoms with Gasteiger partial charge in [0, 0.05) is 17.5 Å². The summed E-state index contributed by atoms with van der Waals surface area (Å²) in [5.41, 5.74) is 8.89. The molecule has 0 unspecified atom stereocenters. The summed E-state index contributed by atoms with van der Waals surface area (Å²) in [5, 5.41) is 4.07. The monoisotopic (exact) mass is 501 g/mol. The molecule has 1 heterocycles. The van der Waals surface area contributed by atoms with Crippen molar-refractivity contribution in [1.82, 2.24) is 9.88 Å². The van der Waals surface area contributed by atoms with E-state index in [0.29, 0.717) is 35.1 Å². The van der Waals surface area contributed by atoms with Crippen LogP contribution in [0.15, 0.2) is 66.7 Å². The van der Waals surface area contributed by atoms with Crippen molar-refractivity contribution in [2.45, 2.75) is 32.9 Å². The zero-order chi connectivity index (χ0) is 26.5. The lowest BCUT2D eigenvalue weighted by atomic mass is 10.0. The highest BCUT2D eigenvalue weighted by Gasteiger charge is 2.24. The molecule has 0 saturated carbocycles. The molecule has 0 saturated heterocycles. The van der Waals surface area contributed by atoms with Crippen LogP contribution >= 0.6 is 0 Å². The maximum atomic E-state index is 12.7. The maximum Gasteiger partial charge on any atom is 0.328 e. The first-order valence-corrected chi connectivity index (χ1v) is 12.2. The number of ether oxygens (including phenoxy) is 2. The van der Waals surface area contributed by atoms with Gasteiger partial charge in [0.25, 0.3) is 5.91 Å². The fourth-order valence-electron chi connectivity index (χ4n) is 4.62. The molecule has 4 rings (SSSR count). The van der Waals surface area contributed by atoms with E-state index in [4.69, 9.17) is 15.2 Å². The Morgan fingerprint density at radius 3 is 2.24 bits per heavy atom. The third kappa shape index (κ3) is 5.58. The summed E-state index contributed by atoms with van der Waals surface area (Å²) in [5.74, 6) is -0.874. The molecule has 0 aliphatic carbocycles. The van der Waals surface area contributed by atoms with Crippen molar-refractivity contribution in [3.63, 3.8) is 0 Å². The standard InChI is InChI=1S/C29H31N3O5/c1-18(2)15-21(29(35)36-3)31-25(33)17-37-24-14-8-13-23-27(24)26-20(28(30)34)11-7-12-22(26)32(23)16-19-9-5-4-6-10-19/h4-14,18,21H,15-17H2,1-3H3,(H2,30,34)(H,31,33)/t21-/m0/s1. The second kappa shape index (κ2) is 11.2. The van der Waals surface area contributed by atoms with Gasteiger partial charge in [-0.05, 0) is 42.2 Å². The van der Waals surface area contributed by atoms with Gasteiger partial charge >= 0.3 is 5.97 Å². The van der Waals surface area contributed by atoms with Crippen molar-refractivity contribution in [2.24, 2.45) is 11.7 Å². The van der Waals surface area contributed by atoms with Gasteiger partial charge in [-0.1, -0.05) is 56.3 Å². The number of fused-ring (bicyclic) bond motifs is 3. The molecule has 0 aliphatic rings. The summed E-state index contributed by atoms with van der Waals surface area (Å²) < 4.78 is 12.9. The number of nitrogens with two attached hydrogens (primary N) is 1. The SMILES string of the molecule is COC(=O)[C@H](CC(C)C)NC(=O)COc1cccc2c1c1c(C(N)=O)cccc1n2Cc1ccccc1. The van der Waals surface area contributed by atoms with Gasteiger partial charge in [0.1, 0.15) is 11.8 Å². The number of rotatable bonds is 10. The normalized spacial score (nSPS) is 12.0. The molecule has 1 aromatic heterocycles. The summed E-state index contributed by atoms with van der Waals surface area (Å²) in [6.45, 7) is 4.18. The molecular formula is C29H31N3O5. The molecule has 8 nitrogen and oxygen atoms in total. The minimum atomic E-state index is -0.758. The molecule has 0 fully saturated rings. The number of benzene rings is 3. The third-order valence-corrected chi connectivity index (χ3v) is 6.21. The second-order valence-corrected chi connectivity index (χ2v) is 9.35. The van der Waals surface area contributed by atoms with Gasteiger partial charge in [0.2, 0.25) is 5.91 Å². The minimum Gasteiger partial charge on any atom is -0.483 e. The molecule has 192 valence electrons. The fourth-order valence-corrected chi connectivity index (χ4v) is 4.62. The number of nitrogens with zero attached hydrogens (tertiary/aromatic N) is 1. The Bertz CT molecular complexity index is 1440. The van der Waals surface area contributed by atoms with E-state index in [-0.39, 0.29) is 12.5 Å². The van der Waals surface area contributed by atoms with E-state index in [0.717, 1.165) is 16.6 Å². The van der Waals surface area contributed by atoms with Gasteiger partial charge in [-0.25, -0.2) is 4.79 Å². The molecular weight excluding hydrogens is 470 g/mol. The lowest BCUT2D eigenvalue weighted by molar-refractivity contribution is -0.145. The Labute approximate surface area is 215 Å². The zero-order valence-corrected chi connectivity index (χ0v) is 21.2. The first-order chi connectivity index (χ1) is 17.8. The number of aromatic nitrogens is 1.